The number of thioether (sulfide) groups is 1. The molecule has 2 aromatic rings. The number of hydrogen-bond acceptors (Lipinski definition) is 2. The van der Waals surface area contributed by atoms with E-state index in [2.05, 4.69) is 15.9 Å². The Morgan fingerprint density at radius 3 is 2.47 bits per heavy atom. The molecule has 0 bridgehead atoms. The highest BCUT2D eigenvalue weighted by Gasteiger charge is 2.03. The number of rotatable bonds is 4. The van der Waals surface area contributed by atoms with Gasteiger partial charge in [-0.3, -0.25) is 4.79 Å². The molecule has 0 aliphatic heterocycles. The molecule has 0 amide bonds. The Labute approximate surface area is 124 Å². The van der Waals surface area contributed by atoms with Crippen molar-refractivity contribution in [1.29, 1.82) is 0 Å². The quantitative estimate of drug-likeness (QED) is 0.571. The Kier molecular flexibility index (Phi) is 4.77. The number of carbonyl (C=O) groups excluding carboxylic acids is 1. The Balaban J connectivity index is 2.01. The van der Waals surface area contributed by atoms with Gasteiger partial charge in [-0.05, 0) is 52.7 Å². The predicted octanol–water partition coefficient (Wildman–Crippen LogP) is 5.08. The molecule has 0 fully saturated rings. The van der Waals surface area contributed by atoms with Crippen molar-refractivity contribution in [3.05, 3.63) is 63.9 Å². The summed E-state index contributed by atoms with van der Waals surface area (Å²) in [6, 6.07) is 12.5. The van der Waals surface area contributed by atoms with Crippen LogP contribution in [0.3, 0.4) is 0 Å². The van der Waals surface area contributed by atoms with Crippen molar-refractivity contribution in [2.75, 3.05) is 0 Å². The molecule has 0 heterocycles. The van der Waals surface area contributed by atoms with Gasteiger partial charge in [0.05, 0.1) is 4.47 Å². The standard InChI is InChI=1S/C15H12BrFOS/c1-10(18)12-3-5-13(6-4-12)19-9-11-2-7-15(17)14(16)8-11/h2-8H,9H2,1H3. The third-order valence-corrected chi connectivity index (χ3v) is 4.34. The zero-order valence-corrected chi connectivity index (χ0v) is 12.7. The van der Waals surface area contributed by atoms with Crippen LogP contribution in [0.1, 0.15) is 22.8 Å². The summed E-state index contributed by atoms with van der Waals surface area (Å²) in [4.78, 5) is 12.2. The highest BCUT2D eigenvalue weighted by Crippen LogP contribution is 2.25. The Bertz CT molecular complexity index is 596. The first kappa shape index (κ1) is 14.3. The van der Waals surface area contributed by atoms with Crippen LogP contribution >= 0.6 is 27.7 Å². The van der Waals surface area contributed by atoms with Crippen LogP contribution in [0.25, 0.3) is 0 Å². The smallest absolute Gasteiger partial charge is 0.159 e. The van der Waals surface area contributed by atoms with Gasteiger partial charge in [0.25, 0.3) is 0 Å². The van der Waals surface area contributed by atoms with E-state index >= 15 is 0 Å². The van der Waals surface area contributed by atoms with Gasteiger partial charge in [-0.25, -0.2) is 4.39 Å². The maximum Gasteiger partial charge on any atom is 0.159 e. The first-order chi connectivity index (χ1) is 9.06. The van der Waals surface area contributed by atoms with Crippen LogP contribution in [-0.2, 0) is 5.75 Å². The van der Waals surface area contributed by atoms with Crippen molar-refractivity contribution < 1.29 is 9.18 Å². The number of Topliss-reactive ketones (excluding diaryl/α,β-unsaturated/α-hetero) is 1. The molecule has 19 heavy (non-hydrogen) atoms. The molecule has 0 saturated carbocycles. The van der Waals surface area contributed by atoms with Crippen LogP contribution in [0, 0.1) is 5.82 Å². The highest BCUT2D eigenvalue weighted by atomic mass is 79.9. The van der Waals surface area contributed by atoms with Crippen LogP contribution < -0.4 is 0 Å². The van der Waals surface area contributed by atoms with Gasteiger partial charge in [-0.15, -0.1) is 11.8 Å². The Morgan fingerprint density at radius 1 is 1.21 bits per heavy atom. The molecule has 0 atom stereocenters. The van der Waals surface area contributed by atoms with Gasteiger partial charge in [0.2, 0.25) is 0 Å². The zero-order valence-electron chi connectivity index (χ0n) is 10.3. The van der Waals surface area contributed by atoms with Crippen molar-refractivity contribution in [2.24, 2.45) is 0 Å². The normalized spacial score (nSPS) is 10.5. The van der Waals surface area contributed by atoms with Gasteiger partial charge in [0, 0.05) is 16.2 Å². The maximum atomic E-state index is 13.1. The molecule has 0 aliphatic carbocycles. The lowest BCUT2D eigenvalue weighted by atomic mass is 10.2. The fraction of sp³-hybridized carbons (Fsp3) is 0.133. The van der Waals surface area contributed by atoms with Crippen molar-refractivity contribution in [3.63, 3.8) is 0 Å². The molecule has 0 unspecified atom stereocenters. The summed E-state index contributed by atoms with van der Waals surface area (Å²) < 4.78 is 13.6. The van der Waals surface area contributed by atoms with Crippen molar-refractivity contribution in [1.82, 2.24) is 0 Å². The first-order valence-corrected chi connectivity index (χ1v) is 7.52. The molecule has 0 spiro atoms. The summed E-state index contributed by atoms with van der Waals surface area (Å²) in [5, 5.41) is 0. The number of halogens is 2. The van der Waals surface area contributed by atoms with E-state index in [0.717, 1.165) is 16.2 Å². The summed E-state index contributed by atoms with van der Waals surface area (Å²) in [5.74, 6) is 0.580. The minimum Gasteiger partial charge on any atom is -0.295 e. The largest absolute Gasteiger partial charge is 0.295 e. The second-order valence-corrected chi connectivity index (χ2v) is 6.02. The molecule has 0 aromatic heterocycles. The first-order valence-electron chi connectivity index (χ1n) is 5.74. The van der Waals surface area contributed by atoms with Gasteiger partial charge in [0.15, 0.2) is 5.78 Å². The van der Waals surface area contributed by atoms with Crippen LogP contribution in [0.2, 0.25) is 0 Å². The van der Waals surface area contributed by atoms with Gasteiger partial charge in [0.1, 0.15) is 5.82 Å². The monoisotopic (exact) mass is 338 g/mol. The SMILES string of the molecule is CC(=O)c1ccc(SCc2ccc(F)c(Br)c2)cc1. The Morgan fingerprint density at radius 2 is 1.89 bits per heavy atom. The fourth-order valence-electron chi connectivity index (χ4n) is 1.58. The molecule has 0 radical (unpaired) electrons. The van der Waals surface area contributed by atoms with Crippen LogP contribution in [0.15, 0.2) is 51.8 Å². The van der Waals surface area contributed by atoms with E-state index in [1.165, 1.54) is 6.07 Å². The average Bonchev–Trinajstić information content (AvgIpc) is 2.40. The summed E-state index contributed by atoms with van der Waals surface area (Å²) in [6.45, 7) is 1.55. The van der Waals surface area contributed by atoms with Gasteiger partial charge < -0.3 is 0 Å². The molecule has 0 aliphatic rings. The van der Waals surface area contributed by atoms with E-state index in [4.69, 9.17) is 0 Å². The van der Waals surface area contributed by atoms with E-state index in [-0.39, 0.29) is 11.6 Å². The summed E-state index contributed by atoms with van der Waals surface area (Å²) >= 11 is 4.83. The summed E-state index contributed by atoms with van der Waals surface area (Å²) in [7, 11) is 0. The van der Waals surface area contributed by atoms with Crippen LogP contribution in [0.4, 0.5) is 4.39 Å². The fourth-order valence-corrected chi connectivity index (χ4v) is 2.85. The molecule has 0 saturated heterocycles. The topological polar surface area (TPSA) is 17.1 Å². The maximum absolute atomic E-state index is 13.1. The third kappa shape index (κ3) is 3.91. The van der Waals surface area contributed by atoms with Crippen molar-refractivity contribution >= 4 is 33.5 Å². The van der Waals surface area contributed by atoms with E-state index in [1.54, 1.807) is 30.8 Å². The summed E-state index contributed by atoms with van der Waals surface area (Å²) in [6.07, 6.45) is 0. The van der Waals surface area contributed by atoms with Gasteiger partial charge in [-0.1, -0.05) is 18.2 Å². The van der Waals surface area contributed by atoms with Crippen molar-refractivity contribution in [3.8, 4) is 0 Å². The highest BCUT2D eigenvalue weighted by molar-refractivity contribution is 9.10. The molecule has 2 rings (SSSR count). The molecule has 0 N–H and O–H groups in total. The predicted molar refractivity (Wildman–Crippen MR) is 80.1 cm³/mol. The lowest BCUT2D eigenvalue weighted by molar-refractivity contribution is 0.101. The second-order valence-electron chi connectivity index (χ2n) is 4.12. The third-order valence-electron chi connectivity index (χ3n) is 2.65. The average molecular weight is 339 g/mol. The molecule has 98 valence electrons. The van der Waals surface area contributed by atoms with Crippen molar-refractivity contribution in [2.45, 2.75) is 17.6 Å². The second kappa shape index (κ2) is 6.35. The van der Waals surface area contributed by atoms with E-state index < -0.39 is 0 Å². The zero-order chi connectivity index (χ0) is 13.8. The molecule has 1 nitrogen and oxygen atoms in total. The van der Waals surface area contributed by atoms with E-state index in [1.807, 2.05) is 24.3 Å². The molecular weight excluding hydrogens is 327 g/mol. The Hall–Kier alpha value is -1.13. The lowest BCUT2D eigenvalue weighted by Crippen LogP contribution is -1.90. The molecular formula is C15H12BrFOS. The molecule has 4 heteroatoms. The number of carbonyl (C=O) groups is 1. The van der Waals surface area contributed by atoms with E-state index in [0.29, 0.717) is 10.0 Å². The lowest BCUT2D eigenvalue weighted by Gasteiger charge is -2.04. The number of ketones is 1. The van der Waals surface area contributed by atoms with Crippen LogP contribution in [-0.4, -0.2) is 5.78 Å². The minimum atomic E-state index is -0.250. The van der Waals surface area contributed by atoms with Gasteiger partial charge in [-0.2, -0.15) is 0 Å². The van der Waals surface area contributed by atoms with E-state index in [9.17, 15) is 9.18 Å². The number of benzene rings is 2. The molecule has 2 aromatic carbocycles. The van der Waals surface area contributed by atoms with Gasteiger partial charge >= 0.3 is 0 Å². The number of hydrogen-bond donors (Lipinski definition) is 0. The summed E-state index contributed by atoms with van der Waals surface area (Å²) in [5.41, 5.74) is 1.77. The minimum absolute atomic E-state index is 0.0685. The van der Waals surface area contributed by atoms with Crippen LogP contribution in [0.5, 0.6) is 0 Å².